The Balaban J connectivity index is 2.01. The SMILES string of the molecule is NN(Cc1ccccc1)C1NC(=O)NC1=O. The molecule has 1 aliphatic rings. The molecule has 1 aromatic rings. The zero-order valence-electron chi connectivity index (χ0n) is 8.51. The number of nitrogens with two attached hydrogens (primary N) is 1. The van der Waals surface area contributed by atoms with Crippen molar-refractivity contribution in [2.75, 3.05) is 0 Å². The second-order valence-corrected chi connectivity index (χ2v) is 3.52. The number of rotatable bonds is 3. The van der Waals surface area contributed by atoms with Gasteiger partial charge in [0.2, 0.25) is 0 Å². The van der Waals surface area contributed by atoms with Gasteiger partial charge in [0.25, 0.3) is 5.91 Å². The van der Waals surface area contributed by atoms with Gasteiger partial charge < -0.3 is 5.32 Å². The molecule has 1 atom stereocenters. The summed E-state index contributed by atoms with van der Waals surface area (Å²) in [6.07, 6.45) is -0.798. The van der Waals surface area contributed by atoms with Crippen LogP contribution in [0.2, 0.25) is 0 Å². The Bertz CT molecular complexity index is 407. The van der Waals surface area contributed by atoms with Gasteiger partial charge in [0.15, 0.2) is 6.17 Å². The summed E-state index contributed by atoms with van der Waals surface area (Å²) in [5.41, 5.74) is 0.971. The molecule has 0 bridgehead atoms. The number of carbonyl (C=O) groups is 2. The van der Waals surface area contributed by atoms with Crippen LogP contribution in [0.3, 0.4) is 0 Å². The predicted molar refractivity (Wildman–Crippen MR) is 56.6 cm³/mol. The van der Waals surface area contributed by atoms with Gasteiger partial charge in [-0.25, -0.2) is 9.80 Å². The summed E-state index contributed by atoms with van der Waals surface area (Å²) in [7, 11) is 0. The van der Waals surface area contributed by atoms with Crippen molar-refractivity contribution in [3.05, 3.63) is 35.9 Å². The number of hydrazine groups is 1. The van der Waals surface area contributed by atoms with Crippen LogP contribution >= 0.6 is 0 Å². The first kappa shape index (κ1) is 10.6. The third-order valence-electron chi connectivity index (χ3n) is 2.29. The molecule has 4 N–H and O–H groups in total. The lowest BCUT2D eigenvalue weighted by atomic mass is 10.2. The molecule has 16 heavy (non-hydrogen) atoms. The van der Waals surface area contributed by atoms with Crippen molar-refractivity contribution < 1.29 is 9.59 Å². The van der Waals surface area contributed by atoms with Crippen LogP contribution in [0, 0.1) is 0 Å². The summed E-state index contributed by atoms with van der Waals surface area (Å²) >= 11 is 0. The number of nitrogens with zero attached hydrogens (tertiary/aromatic N) is 1. The third kappa shape index (κ3) is 2.18. The fourth-order valence-electron chi connectivity index (χ4n) is 1.53. The molecule has 2 rings (SSSR count). The normalized spacial score (nSPS) is 19.8. The summed E-state index contributed by atoms with van der Waals surface area (Å²) in [6, 6.07) is 8.95. The third-order valence-corrected chi connectivity index (χ3v) is 2.29. The van der Waals surface area contributed by atoms with Crippen molar-refractivity contribution in [3.63, 3.8) is 0 Å². The topological polar surface area (TPSA) is 87.5 Å². The maximum Gasteiger partial charge on any atom is 0.323 e. The largest absolute Gasteiger partial charge is 0.323 e. The molecule has 0 aromatic heterocycles. The van der Waals surface area contributed by atoms with E-state index in [2.05, 4.69) is 10.6 Å². The Morgan fingerprint density at radius 2 is 1.94 bits per heavy atom. The Labute approximate surface area is 92.4 Å². The zero-order valence-corrected chi connectivity index (χ0v) is 8.51. The predicted octanol–water partition coefficient (Wildman–Crippen LogP) is -0.472. The van der Waals surface area contributed by atoms with Gasteiger partial charge in [-0.05, 0) is 5.56 Å². The second-order valence-electron chi connectivity index (χ2n) is 3.52. The molecule has 1 aromatic carbocycles. The van der Waals surface area contributed by atoms with Crippen LogP contribution in [0.25, 0.3) is 0 Å². The van der Waals surface area contributed by atoms with Crippen LogP contribution in [0.4, 0.5) is 4.79 Å². The van der Waals surface area contributed by atoms with E-state index in [9.17, 15) is 9.59 Å². The van der Waals surface area contributed by atoms with Gasteiger partial charge in [-0.1, -0.05) is 30.3 Å². The van der Waals surface area contributed by atoms with Gasteiger partial charge in [0, 0.05) is 6.54 Å². The number of urea groups is 1. The van der Waals surface area contributed by atoms with Crippen LogP contribution < -0.4 is 16.5 Å². The highest BCUT2D eigenvalue weighted by Crippen LogP contribution is 2.05. The molecule has 1 saturated heterocycles. The molecule has 6 heteroatoms. The first-order valence-electron chi connectivity index (χ1n) is 4.83. The first-order valence-corrected chi connectivity index (χ1v) is 4.83. The Hall–Kier alpha value is -1.92. The average Bonchev–Trinajstić information content (AvgIpc) is 2.59. The van der Waals surface area contributed by atoms with E-state index in [0.717, 1.165) is 5.56 Å². The summed E-state index contributed by atoms with van der Waals surface area (Å²) in [6.45, 7) is 0.388. The van der Waals surface area contributed by atoms with Crippen LogP contribution in [0.1, 0.15) is 5.56 Å². The highest BCUT2D eigenvalue weighted by molar-refractivity contribution is 6.03. The summed E-state index contributed by atoms with van der Waals surface area (Å²) in [5, 5.41) is 5.84. The Morgan fingerprint density at radius 1 is 1.25 bits per heavy atom. The Morgan fingerprint density at radius 3 is 2.50 bits per heavy atom. The van der Waals surface area contributed by atoms with Crippen LogP contribution in [0.5, 0.6) is 0 Å². The molecule has 1 unspecified atom stereocenters. The summed E-state index contributed by atoms with van der Waals surface area (Å²) in [4.78, 5) is 22.2. The number of amides is 3. The quantitative estimate of drug-likeness (QED) is 0.365. The van der Waals surface area contributed by atoms with Gasteiger partial charge >= 0.3 is 6.03 Å². The molecule has 6 nitrogen and oxygen atoms in total. The van der Waals surface area contributed by atoms with E-state index >= 15 is 0 Å². The van der Waals surface area contributed by atoms with Crippen molar-refractivity contribution >= 4 is 11.9 Å². The van der Waals surface area contributed by atoms with Crippen molar-refractivity contribution in [2.24, 2.45) is 5.84 Å². The number of carbonyl (C=O) groups excluding carboxylic acids is 2. The van der Waals surface area contributed by atoms with Crippen molar-refractivity contribution in [2.45, 2.75) is 12.7 Å². The smallest absolute Gasteiger partial charge is 0.313 e. The lowest BCUT2D eigenvalue weighted by molar-refractivity contribution is -0.124. The minimum absolute atomic E-state index is 0.388. The number of benzene rings is 1. The highest BCUT2D eigenvalue weighted by Gasteiger charge is 2.33. The van der Waals surface area contributed by atoms with E-state index in [-0.39, 0.29) is 0 Å². The Kier molecular flexibility index (Phi) is 2.84. The lowest BCUT2D eigenvalue weighted by Crippen LogP contribution is -2.50. The van der Waals surface area contributed by atoms with E-state index in [4.69, 9.17) is 5.84 Å². The fourth-order valence-corrected chi connectivity index (χ4v) is 1.53. The number of hydrogen-bond acceptors (Lipinski definition) is 4. The molecular weight excluding hydrogens is 208 g/mol. The number of hydrogen-bond donors (Lipinski definition) is 3. The summed E-state index contributed by atoms with van der Waals surface area (Å²) < 4.78 is 0. The van der Waals surface area contributed by atoms with E-state index in [1.165, 1.54) is 5.01 Å². The van der Waals surface area contributed by atoms with Gasteiger partial charge in [0.1, 0.15) is 0 Å². The molecule has 0 saturated carbocycles. The maximum absolute atomic E-state index is 11.3. The molecule has 84 valence electrons. The molecule has 0 radical (unpaired) electrons. The molecular formula is C10H12N4O2. The average molecular weight is 220 g/mol. The van der Waals surface area contributed by atoms with E-state index in [0.29, 0.717) is 6.54 Å². The standard InChI is InChI=1S/C10H12N4O2/c11-14(6-7-4-2-1-3-5-7)8-9(15)13-10(16)12-8/h1-5,8H,6,11H2,(H2,12,13,15,16). The minimum Gasteiger partial charge on any atom is -0.313 e. The monoisotopic (exact) mass is 220 g/mol. The van der Waals surface area contributed by atoms with Gasteiger partial charge in [-0.3, -0.25) is 16.0 Å². The minimum atomic E-state index is -0.798. The number of nitrogens with one attached hydrogen (secondary N) is 2. The first-order chi connectivity index (χ1) is 7.66. The fraction of sp³-hybridized carbons (Fsp3) is 0.200. The summed E-state index contributed by atoms with van der Waals surface area (Å²) in [5.74, 6) is 5.29. The molecule has 1 fully saturated rings. The van der Waals surface area contributed by atoms with Gasteiger partial charge in [-0.2, -0.15) is 0 Å². The lowest BCUT2D eigenvalue weighted by Gasteiger charge is -2.20. The second kappa shape index (κ2) is 4.30. The van der Waals surface area contributed by atoms with Crippen molar-refractivity contribution in [1.29, 1.82) is 0 Å². The highest BCUT2D eigenvalue weighted by atomic mass is 16.2. The van der Waals surface area contributed by atoms with Crippen molar-refractivity contribution in [3.8, 4) is 0 Å². The van der Waals surface area contributed by atoms with Crippen molar-refractivity contribution in [1.82, 2.24) is 15.6 Å². The molecule has 0 aliphatic carbocycles. The van der Waals surface area contributed by atoms with Crippen LogP contribution in [-0.4, -0.2) is 23.1 Å². The molecule has 1 aliphatic heterocycles. The molecule has 3 amide bonds. The molecule has 1 heterocycles. The van der Waals surface area contributed by atoms with Gasteiger partial charge in [-0.15, -0.1) is 0 Å². The maximum atomic E-state index is 11.3. The van der Waals surface area contributed by atoms with E-state index in [1.807, 2.05) is 30.3 Å². The van der Waals surface area contributed by atoms with Crippen LogP contribution in [-0.2, 0) is 11.3 Å². The van der Waals surface area contributed by atoms with Crippen LogP contribution in [0.15, 0.2) is 30.3 Å². The van der Waals surface area contributed by atoms with E-state index in [1.54, 1.807) is 0 Å². The molecule has 0 spiro atoms. The zero-order chi connectivity index (χ0) is 11.5. The van der Waals surface area contributed by atoms with Gasteiger partial charge in [0.05, 0.1) is 0 Å². The van der Waals surface area contributed by atoms with E-state index < -0.39 is 18.1 Å². The number of imide groups is 1.